The van der Waals surface area contributed by atoms with Crippen molar-refractivity contribution in [3.63, 3.8) is 0 Å². The van der Waals surface area contributed by atoms with Gasteiger partial charge in [0.05, 0.1) is 31.9 Å². The SMILES string of the molecule is COc1cc(OC)c(F)c(N2Cc3cnc(-c4cccc(N)c4)cc3C3(CC3)C2=O)c1F. The molecule has 6 nitrogen and oxygen atoms in total. The quantitative estimate of drug-likeness (QED) is 0.619. The van der Waals surface area contributed by atoms with Gasteiger partial charge in [-0.15, -0.1) is 0 Å². The Morgan fingerprint density at radius 3 is 2.34 bits per heavy atom. The van der Waals surface area contributed by atoms with E-state index in [4.69, 9.17) is 15.2 Å². The van der Waals surface area contributed by atoms with Crippen molar-refractivity contribution < 1.29 is 23.0 Å². The Balaban J connectivity index is 1.63. The van der Waals surface area contributed by atoms with Crippen LogP contribution in [0.3, 0.4) is 0 Å². The number of anilines is 2. The van der Waals surface area contributed by atoms with E-state index in [0.29, 0.717) is 24.2 Å². The van der Waals surface area contributed by atoms with Gasteiger partial charge >= 0.3 is 0 Å². The lowest BCUT2D eigenvalue weighted by Crippen LogP contribution is -2.45. The number of hydrogen-bond acceptors (Lipinski definition) is 5. The number of methoxy groups -OCH3 is 2. The number of benzene rings is 2. The molecule has 2 aromatic carbocycles. The molecule has 0 atom stereocenters. The molecule has 5 rings (SSSR count). The van der Waals surface area contributed by atoms with Crippen LogP contribution in [0.15, 0.2) is 42.6 Å². The minimum absolute atomic E-state index is 0.00964. The maximum atomic E-state index is 15.1. The largest absolute Gasteiger partial charge is 0.493 e. The second kappa shape index (κ2) is 7.19. The Bertz CT molecular complexity index is 1230. The molecule has 1 aliphatic heterocycles. The maximum absolute atomic E-state index is 15.1. The van der Waals surface area contributed by atoms with E-state index in [2.05, 4.69) is 4.98 Å². The number of rotatable bonds is 4. The van der Waals surface area contributed by atoms with Crippen molar-refractivity contribution in [2.75, 3.05) is 24.9 Å². The van der Waals surface area contributed by atoms with Crippen molar-refractivity contribution in [1.82, 2.24) is 4.98 Å². The first-order valence-electron chi connectivity index (χ1n) is 10.2. The summed E-state index contributed by atoms with van der Waals surface area (Å²) < 4.78 is 40.4. The zero-order chi connectivity index (χ0) is 22.6. The van der Waals surface area contributed by atoms with Crippen LogP contribution in [-0.2, 0) is 16.8 Å². The molecular formula is C24H21F2N3O3. The van der Waals surface area contributed by atoms with Crippen molar-refractivity contribution in [2.45, 2.75) is 24.8 Å². The Morgan fingerprint density at radius 1 is 1.06 bits per heavy atom. The average Bonchev–Trinajstić information content (AvgIpc) is 3.59. The molecule has 2 aliphatic rings. The van der Waals surface area contributed by atoms with E-state index in [-0.39, 0.29) is 24.0 Å². The minimum atomic E-state index is -0.942. The lowest BCUT2D eigenvalue weighted by molar-refractivity contribution is -0.121. The lowest BCUT2D eigenvalue weighted by Gasteiger charge is -2.35. The van der Waals surface area contributed by atoms with Crippen LogP contribution in [0.2, 0.25) is 0 Å². The Kier molecular flexibility index (Phi) is 4.54. The Morgan fingerprint density at radius 2 is 1.75 bits per heavy atom. The Labute approximate surface area is 183 Å². The van der Waals surface area contributed by atoms with Gasteiger partial charge in [-0.25, -0.2) is 8.78 Å². The van der Waals surface area contributed by atoms with Gasteiger partial charge in [0.15, 0.2) is 23.1 Å². The van der Waals surface area contributed by atoms with Crippen molar-refractivity contribution >= 4 is 17.3 Å². The average molecular weight is 437 g/mol. The van der Waals surface area contributed by atoms with Gasteiger partial charge in [-0.3, -0.25) is 9.78 Å². The molecule has 1 aromatic heterocycles. The van der Waals surface area contributed by atoms with E-state index in [9.17, 15) is 4.79 Å². The fourth-order valence-electron chi connectivity index (χ4n) is 4.43. The summed E-state index contributed by atoms with van der Waals surface area (Å²) in [7, 11) is 2.55. The number of carbonyl (C=O) groups excluding carboxylic acids is 1. The lowest BCUT2D eigenvalue weighted by atomic mass is 9.85. The van der Waals surface area contributed by atoms with Crippen LogP contribution >= 0.6 is 0 Å². The molecule has 0 unspecified atom stereocenters. The van der Waals surface area contributed by atoms with Crippen LogP contribution in [0.25, 0.3) is 11.3 Å². The number of carbonyl (C=O) groups is 1. The summed E-state index contributed by atoms with van der Waals surface area (Å²) in [5.74, 6) is -2.62. The number of fused-ring (bicyclic) bond motifs is 2. The number of pyridine rings is 1. The summed E-state index contributed by atoms with van der Waals surface area (Å²) in [6.07, 6.45) is 2.86. The third-order valence-corrected chi connectivity index (χ3v) is 6.24. The molecule has 1 amide bonds. The van der Waals surface area contributed by atoms with E-state index >= 15 is 8.78 Å². The van der Waals surface area contributed by atoms with E-state index in [0.717, 1.165) is 27.7 Å². The molecule has 1 fully saturated rings. The molecule has 0 radical (unpaired) electrons. The summed E-state index contributed by atoms with van der Waals surface area (Å²) in [5.41, 5.74) is 8.36. The molecule has 2 N–H and O–H groups in total. The van der Waals surface area contributed by atoms with Crippen molar-refractivity contribution in [1.29, 1.82) is 0 Å². The highest BCUT2D eigenvalue weighted by Gasteiger charge is 2.57. The topological polar surface area (TPSA) is 77.7 Å². The summed E-state index contributed by atoms with van der Waals surface area (Å²) in [5, 5.41) is 0. The van der Waals surface area contributed by atoms with Crippen molar-refractivity contribution in [2.24, 2.45) is 0 Å². The van der Waals surface area contributed by atoms with Crippen LogP contribution in [0, 0.1) is 11.6 Å². The first kappa shape index (κ1) is 20.2. The predicted molar refractivity (Wildman–Crippen MR) is 116 cm³/mol. The molecule has 2 heterocycles. The molecule has 0 bridgehead atoms. The Hall–Kier alpha value is -3.68. The highest BCUT2D eigenvalue weighted by molar-refractivity contribution is 6.05. The first-order valence-corrected chi connectivity index (χ1v) is 10.2. The van der Waals surface area contributed by atoms with Gasteiger partial charge in [0.25, 0.3) is 0 Å². The standard InChI is InChI=1S/C24H21F2N3O3/c1-31-18-10-19(32-2)21(26)22(20(18)25)29-12-14-11-28-17(13-4-3-5-15(27)8-13)9-16(14)24(6-7-24)23(29)30/h3-5,8-11H,6-7,12,27H2,1-2H3. The molecule has 1 aliphatic carbocycles. The fourth-order valence-corrected chi connectivity index (χ4v) is 4.43. The van der Waals surface area contributed by atoms with Gasteiger partial charge in [-0.05, 0) is 42.2 Å². The molecular weight excluding hydrogens is 416 g/mol. The van der Waals surface area contributed by atoms with E-state index in [1.807, 2.05) is 24.3 Å². The van der Waals surface area contributed by atoms with Gasteiger partial charge < -0.3 is 20.1 Å². The number of aromatic nitrogens is 1. The van der Waals surface area contributed by atoms with E-state index < -0.39 is 22.7 Å². The number of hydrogen-bond donors (Lipinski definition) is 1. The highest BCUT2D eigenvalue weighted by atomic mass is 19.1. The predicted octanol–water partition coefficient (Wildman–Crippen LogP) is 4.20. The highest BCUT2D eigenvalue weighted by Crippen LogP contribution is 2.55. The summed E-state index contributed by atoms with van der Waals surface area (Å²) in [6.45, 7) is -0.00964. The number of halogens is 2. The molecule has 32 heavy (non-hydrogen) atoms. The smallest absolute Gasteiger partial charge is 0.238 e. The monoisotopic (exact) mass is 437 g/mol. The molecule has 1 saturated carbocycles. The van der Waals surface area contributed by atoms with Gasteiger partial charge in [-0.1, -0.05) is 12.1 Å². The van der Waals surface area contributed by atoms with E-state index in [1.165, 1.54) is 14.2 Å². The van der Waals surface area contributed by atoms with Crippen LogP contribution in [-0.4, -0.2) is 25.1 Å². The fraction of sp³-hybridized carbons (Fsp3) is 0.250. The normalized spacial score (nSPS) is 16.1. The number of nitrogen functional groups attached to an aromatic ring is 1. The molecule has 0 saturated heterocycles. The van der Waals surface area contributed by atoms with Gasteiger partial charge in [0, 0.05) is 23.5 Å². The molecule has 1 spiro atoms. The summed E-state index contributed by atoms with van der Waals surface area (Å²) in [4.78, 5) is 19.2. The van der Waals surface area contributed by atoms with Crippen LogP contribution in [0.1, 0.15) is 24.0 Å². The third kappa shape index (κ3) is 2.90. The number of ether oxygens (including phenoxy) is 2. The summed E-state index contributed by atoms with van der Waals surface area (Å²) >= 11 is 0. The maximum Gasteiger partial charge on any atom is 0.238 e. The van der Waals surface area contributed by atoms with Crippen LogP contribution in [0.4, 0.5) is 20.2 Å². The zero-order valence-electron chi connectivity index (χ0n) is 17.6. The van der Waals surface area contributed by atoms with Gasteiger partial charge in [0.1, 0.15) is 5.69 Å². The number of nitrogens with two attached hydrogens (primary N) is 1. The second-order valence-corrected chi connectivity index (χ2v) is 8.08. The van der Waals surface area contributed by atoms with Gasteiger partial charge in [0.2, 0.25) is 5.91 Å². The first-order chi connectivity index (χ1) is 15.4. The van der Waals surface area contributed by atoms with E-state index in [1.54, 1.807) is 12.3 Å². The molecule has 3 aromatic rings. The third-order valence-electron chi connectivity index (χ3n) is 6.24. The zero-order valence-corrected chi connectivity index (χ0v) is 17.6. The molecule has 164 valence electrons. The number of amides is 1. The van der Waals surface area contributed by atoms with Crippen LogP contribution < -0.4 is 20.1 Å². The minimum Gasteiger partial charge on any atom is -0.493 e. The van der Waals surface area contributed by atoms with Crippen LogP contribution in [0.5, 0.6) is 11.5 Å². The second-order valence-electron chi connectivity index (χ2n) is 8.08. The van der Waals surface area contributed by atoms with Crippen molar-refractivity contribution in [3.8, 4) is 22.8 Å². The van der Waals surface area contributed by atoms with Crippen molar-refractivity contribution in [3.05, 3.63) is 65.4 Å². The van der Waals surface area contributed by atoms with Gasteiger partial charge in [-0.2, -0.15) is 0 Å². The summed E-state index contributed by atoms with van der Waals surface area (Å²) in [6, 6.07) is 10.4. The number of nitrogens with zero attached hydrogens (tertiary/aromatic N) is 2. The molecule has 8 heteroatoms.